The lowest BCUT2D eigenvalue weighted by atomic mass is 10.1. The van der Waals surface area contributed by atoms with Gasteiger partial charge in [-0.3, -0.25) is 4.90 Å². The maximum absolute atomic E-state index is 6.01. The van der Waals surface area contributed by atoms with Crippen LogP contribution in [0.5, 0.6) is 0 Å². The summed E-state index contributed by atoms with van der Waals surface area (Å²) in [6, 6.07) is 8.87. The van der Waals surface area contributed by atoms with E-state index in [9.17, 15) is 0 Å². The quantitative estimate of drug-likeness (QED) is 0.857. The number of rotatable bonds is 5. The van der Waals surface area contributed by atoms with E-state index >= 15 is 0 Å². The average Bonchev–Trinajstić information content (AvgIpc) is 2.24. The summed E-state index contributed by atoms with van der Waals surface area (Å²) < 4.78 is 0. The van der Waals surface area contributed by atoms with Gasteiger partial charge < -0.3 is 5.73 Å². The molecule has 1 aromatic carbocycles. The molecule has 0 saturated heterocycles. The summed E-state index contributed by atoms with van der Waals surface area (Å²) in [5, 5.41) is 0.792. The van der Waals surface area contributed by atoms with Gasteiger partial charge in [0.1, 0.15) is 0 Å². The van der Waals surface area contributed by atoms with Crippen LogP contribution in [0.4, 0.5) is 0 Å². The number of nitrogens with two attached hydrogens (primary N) is 1. The zero-order chi connectivity index (χ0) is 12.1. The molecule has 0 saturated carbocycles. The summed E-state index contributed by atoms with van der Waals surface area (Å²) in [4.78, 5) is 2.38. The maximum atomic E-state index is 6.01. The van der Waals surface area contributed by atoms with Crippen LogP contribution in [0.2, 0.25) is 5.02 Å². The second kappa shape index (κ2) is 6.24. The Hall–Kier alpha value is -0.570. The third-order valence-corrected chi connectivity index (χ3v) is 3.11. The van der Waals surface area contributed by atoms with E-state index in [-0.39, 0.29) is 0 Å². The molecule has 3 heteroatoms. The number of hydrogen-bond acceptors (Lipinski definition) is 2. The van der Waals surface area contributed by atoms with Crippen LogP contribution in [0.1, 0.15) is 32.4 Å². The van der Waals surface area contributed by atoms with Crippen LogP contribution >= 0.6 is 11.6 Å². The van der Waals surface area contributed by atoms with Crippen LogP contribution in [-0.2, 0) is 0 Å². The van der Waals surface area contributed by atoms with E-state index in [1.165, 1.54) is 5.56 Å². The fraction of sp³-hybridized carbons (Fsp3) is 0.538. The molecular weight excluding hydrogens is 220 g/mol. The highest BCUT2D eigenvalue weighted by Gasteiger charge is 2.17. The summed E-state index contributed by atoms with van der Waals surface area (Å²) in [5.74, 6) is 0. The highest BCUT2D eigenvalue weighted by molar-refractivity contribution is 6.30. The van der Waals surface area contributed by atoms with Crippen LogP contribution in [0, 0.1) is 0 Å². The van der Waals surface area contributed by atoms with Gasteiger partial charge in [0.2, 0.25) is 0 Å². The third kappa shape index (κ3) is 3.48. The van der Waals surface area contributed by atoms with Crippen molar-refractivity contribution < 1.29 is 0 Å². The Morgan fingerprint density at radius 2 is 2.00 bits per heavy atom. The van der Waals surface area contributed by atoms with Crippen molar-refractivity contribution in [3.8, 4) is 0 Å². The molecule has 0 spiro atoms. The second-order valence-electron chi connectivity index (χ2n) is 4.35. The van der Waals surface area contributed by atoms with E-state index in [4.69, 9.17) is 17.3 Å². The molecule has 0 unspecified atom stereocenters. The molecule has 90 valence electrons. The van der Waals surface area contributed by atoms with E-state index < -0.39 is 0 Å². The highest BCUT2D eigenvalue weighted by atomic mass is 35.5. The van der Waals surface area contributed by atoms with Gasteiger partial charge in [-0.15, -0.1) is 0 Å². The minimum Gasteiger partial charge on any atom is -0.329 e. The van der Waals surface area contributed by atoms with E-state index in [2.05, 4.69) is 31.7 Å². The average molecular weight is 241 g/mol. The van der Waals surface area contributed by atoms with Crippen LogP contribution < -0.4 is 5.73 Å². The second-order valence-corrected chi connectivity index (χ2v) is 4.79. The lowest BCUT2D eigenvalue weighted by molar-refractivity contribution is 0.170. The van der Waals surface area contributed by atoms with Crippen molar-refractivity contribution in [3.63, 3.8) is 0 Å². The van der Waals surface area contributed by atoms with Crippen molar-refractivity contribution in [1.29, 1.82) is 0 Å². The third-order valence-electron chi connectivity index (χ3n) is 2.88. The molecule has 1 rings (SSSR count). The van der Waals surface area contributed by atoms with Gasteiger partial charge in [0.15, 0.2) is 0 Å². The van der Waals surface area contributed by atoms with Crippen LogP contribution in [0.25, 0.3) is 0 Å². The molecule has 0 aliphatic carbocycles. The Morgan fingerprint density at radius 3 is 2.50 bits per heavy atom. The minimum absolute atomic E-state index is 0.349. The van der Waals surface area contributed by atoms with E-state index in [1.807, 2.05) is 18.2 Å². The van der Waals surface area contributed by atoms with Crippen molar-refractivity contribution in [2.75, 3.05) is 13.1 Å². The zero-order valence-electron chi connectivity index (χ0n) is 10.3. The standard InChI is InChI=1S/C13H21ClN2/c1-10(2)16(8-7-15)11(3)12-5-4-6-13(14)9-12/h4-6,9-11H,7-8,15H2,1-3H3/t11-/m0/s1. The van der Waals surface area contributed by atoms with Gasteiger partial charge in [-0.1, -0.05) is 23.7 Å². The van der Waals surface area contributed by atoms with Crippen LogP contribution in [0.3, 0.4) is 0 Å². The normalized spacial score (nSPS) is 13.4. The Labute approximate surface area is 103 Å². The molecule has 16 heavy (non-hydrogen) atoms. The lowest BCUT2D eigenvalue weighted by Crippen LogP contribution is -2.37. The first-order chi connectivity index (χ1) is 7.56. The Balaban J connectivity index is 2.85. The Morgan fingerprint density at radius 1 is 1.31 bits per heavy atom. The molecule has 0 heterocycles. The van der Waals surface area contributed by atoms with Crippen molar-refractivity contribution in [3.05, 3.63) is 34.9 Å². The first-order valence-corrected chi connectivity index (χ1v) is 6.15. The van der Waals surface area contributed by atoms with Gasteiger partial charge in [0.25, 0.3) is 0 Å². The van der Waals surface area contributed by atoms with E-state index in [1.54, 1.807) is 0 Å². The summed E-state index contributed by atoms with van der Waals surface area (Å²) in [5.41, 5.74) is 6.89. The molecule has 0 bridgehead atoms. The van der Waals surface area contributed by atoms with Crippen molar-refractivity contribution in [2.45, 2.75) is 32.9 Å². The van der Waals surface area contributed by atoms with Crippen molar-refractivity contribution in [1.82, 2.24) is 4.90 Å². The molecule has 0 radical (unpaired) electrons. The molecule has 0 fully saturated rings. The first-order valence-electron chi connectivity index (χ1n) is 5.77. The van der Waals surface area contributed by atoms with E-state index in [0.29, 0.717) is 18.6 Å². The number of hydrogen-bond donors (Lipinski definition) is 1. The molecule has 0 aliphatic heterocycles. The van der Waals surface area contributed by atoms with Gasteiger partial charge in [0, 0.05) is 30.2 Å². The zero-order valence-corrected chi connectivity index (χ0v) is 11.0. The number of halogens is 1. The predicted octanol–water partition coefficient (Wildman–Crippen LogP) is 3.07. The number of nitrogens with zero attached hydrogens (tertiary/aromatic N) is 1. The molecule has 0 aromatic heterocycles. The summed E-state index contributed by atoms with van der Waals surface area (Å²) in [7, 11) is 0. The monoisotopic (exact) mass is 240 g/mol. The molecule has 0 aliphatic rings. The largest absolute Gasteiger partial charge is 0.329 e. The molecular formula is C13H21ClN2. The van der Waals surface area contributed by atoms with Gasteiger partial charge in [-0.25, -0.2) is 0 Å². The SMILES string of the molecule is CC(C)N(CCN)[C@@H](C)c1cccc(Cl)c1. The Kier molecular flexibility index (Phi) is 5.26. The highest BCUT2D eigenvalue weighted by Crippen LogP contribution is 2.24. The molecule has 1 atom stereocenters. The molecule has 0 amide bonds. The fourth-order valence-electron chi connectivity index (χ4n) is 2.01. The minimum atomic E-state index is 0.349. The van der Waals surface area contributed by atoms with Gasteiger partial charge in [-0.05, 0) is 38.5 Å². The topological polar surface area (TPSA) is 29.3 Å². The Bertz CT molecular complexity index is 325. The molecule has 2 nitrogen and oxygen atoms in total. The molecule has 1 aromatic rings. The maximum Gasteiger partial charge on any atom is 0.0409 e. The summed E-state index contributed by atoms with van der Waals surface area (Å²) in [6.07, 6.45) is 0. The van der Waals surface area contributed by atoms with Crippen LogP contribution in [-0.4, -0.2) is 24.0 Å². The van der Waals surface area contributed by atoms with Crippen LogP contribution in [0.15, 0.2) is 24.3 Å². The van der Waals surface area contributed by atoms with Gasteiger partial charge >= 0.3 is 0 Å². The van der Waals surface area contributed by atoms with Crippen molar-refractivity contribution >= 4 is 11.6 Å². The van der Waals surface area contributed by atoms with Gasteiger partial charge in [0.05, 0.1) is 0 Å². The van der Waals surface area contributed by atoms with E-state index in [0.717, 1.165) is 11.6 Å². The first kappa shape index (κ1) is 13.5. The fourth-order valence-corrected chi connectivity index (χ4v) is 2.20. The smallest absolute Gasteiger partial charge is 0.0409 e. The number of benzene rings is 1. The van der Waals surface area contributed by atoms with Crippen molar-refractivity contribution in [2.24, 2.45) is 5.73 Å². The molecule has 2 N–H and O–H groups in total. The summed E-state index contributed by atoms with van der Waals surface area (Å²) >= 11 is 6.01. The summed E-state index contributed by atoms with van der Waals surface area (Å²) in [6.45, 7) is 8.17. The lowest BCUT2D eigenvalue weighted by Gasteiger charge is -2.32. The predicted molar refractivity (Wildman–Crippen MR) is 70.8 cm³/mol. The van der Waals surface area contributed by atoms with Gasteiger partial charge in [-0.2, -0.15) is 0 Å².